The molecule has 2 heterocycles. The smallest absolute Gasteiger partial charge is 0.263 e. The van der Waals surface area contributed by atoms with Gasteiger partial charge in [0.15, 0.2) is 4.77 Å². The van der Waals surface area contributed by atoms with E-state index in [0.717, 1.165) is 28.6 Å². The van der Waals surface area contributed by atoms with Crippen molar-refractivity contribution < 1.29 is 0 Å². The molecular weight excluding hydrogens is 276 g/mol. The Morgan fingerprint density at radius 3 is 2.53 bits per heavy atom. The second kappa shape index (κ2) is 5.59. The van der Waals surface area contributed by atoms with E-state index in [1.165, 1.54) is 4.88 Å². The fraction of sp³-hybridized carbons (Fsp3) is 0.571. The Kier molecular flexibility index (Phi) is 4.26. The van der Waals surface area contributed by atoms with Crippen LogP contribution in [-0.2, 0) is 6.54 Å². The van der Waals surface area contributed by atoms with Gasteiger partial charge in [-0.3, -0.25) is 9.36 Å². The zero-order chi connectivity index (χ0) is 14.2. The maximum atomic E-state index is 12.6. The molecule has 1 N–H and O–H groups in total. The molecule has 0 fully saturated rings. The van der Waals surface area contributed by atoms with Crippen molar-refractivity contribution in [2.24, 2.45) is 5.92 Å². The molecule has 3 nitrogen and oxygen atoms in total. The second-order valence-corrected chi connectivity index (χ2v) is 6.63. The van der Waals surface area contributed by atoms with E-state index < -0.39 is 0 Å². The monoisotopic (exact) mass is 296 g/mol. The van der Waals surface area contributed by atoms with Crippen molar-refractivity contribution in [3.8, 4) is 0 Å². The lowest BCUT2D eigenvalue weighted by atomic mass is 10.0. The topological polar surface area (TPSA) is 37.8 Å². The average molecular weight is 296 g/mol. The van der Waals surface area contributed by atoms with Gasteiger partial charge in [0.1, 0.15) is 4.83 Å². The molecule has 2 aromatic rings. The van der Waals surface area contributed by atoms with Crippen LogP contribution in [0.2, 0.25) is 0 Å². The maximum Gasteiger partial charge on any atom is 0.263 e. The molecule has 2 rings (SSSR count). The molecule has 0 aliphatic carbocycles. The number of fused-ring (bicyclic) bond motifs is 1. The lowest BCUT2D eigenvalue weighted by Crippen LogP contribution is -2.25. The minimum absolute atomic E-state index is 0.0625. The van der Waals surface area contributed by atoms with Crippen molar-refractivity contribution in [3.05, 3.63) is 25.6 Å². The van der Waals surface area contributed by atoms with Gasteiger partial charge in [0.25, 0.3) is 5.56 Å². The Balaban J connectivity index is 2.65. The molecule has 2 aromatic heterocycles. The summed E-state index contributed by atoms with van der Waals surface area (Å²) in [6.45, 7) is 9.08. The largest absolute Gasteiger partial charge is 0.323 e. The van der Waals surface area contributed by atoms with E-state index in [4.69, 9.17) is 12.2 Å². The molecule has 0 saturated heterocycles. The lowest BCUT2D eigenvalue weighted by Gasteiger charge is -2.14. The Bertz CT molecular complexity index is 705. The summed E-state index contributed by atoms with van der Waals surface area (Å²) in [6, 6.07) is 0. The normalized spacial score (nSPS) is 11.6. The van der Waals surface area contributed by atoms with E-state index in [0.29, 0.717) is 17.2 Å². The van der Waals surface area contributed by atoms with Crippen LogP contribution in [0.3, 0.4) is 0 Å². The number of aromatic amines is 1. The maximum absolute atomic E-state index is 12.6. The summed E-state index contributed by atoms with van der Waals surface area (Å²) in [5.41, 5.74) is 1.14. The first-order valence-electron chi connectivity index (χ1n) is 6.72. The molecule has 104 valence electrons. The molecule has 0 amide bonds. The number of nitrogens with one attached hydrogen (secondary N) is 1. The van der Waals surface area contributed by atoms with Crippen molar-refractivity contribution in [3.63, 3.8) is 0 Å². The molecule has 0 bridgehead atoms. The van der Waals surface area contributed by atoms with E-state index in [-0.39, 0.29) is 5.56 Å². The first-order valence-corrected chi connectivity index (χ1v) is 7.94. The summed E-state index contributed by atoms with van der Waals surface area (Å²) in [5, 5.41) is 0.807. The zero-order valence-corrected chi connectivity index (χ0v) is 13.5. The molecule has 0 radical (unpaired) electrons. The van der Waals surface area contributed by atoms with Gasteiger partial charge in [-0.1, -0.05) is 26.7 Å². The van der Waals surface area contributed by atoms with E-state index in [1.54, 1.807) is 15.9 Å². The van der Waals surface area contributed by atoms with Crippen LogP contribution in [0.15, 0.2) is 4.79 Å². The number of hydrogen-bond acceptors (Lipinski definition) is 3. The molecule has 0 aliphatic heterocycles. The van der Waals surface area contributed by atoms with Crippen LogP contribution in [0.25, 0.3) is 10.2 Å². The van der Waals surface area contributed by atoms with Crippen LogP contribution < -0.4 is 5.56 Å². The van der Waals surface area contributed by atoms with Gasteiger partial charge in [0, 0.05) is 11.4 Å². The minimum Gasteiger partial charge on any atom is -0.323 e. The average Bonchev–Trinajstić information content (AvgIpc) is 2.65. The summed E-state index contributed by atoms with van der Waals surface area (Å²) in [4.78, 5) is 17.9. The number of aromatic nitrogens is 2. The van der Waals surface area contributed by atoms with E-state index in [2.05, 4.69) is 18.8 Å². The van der Waals surface area contributed by atoms with Gasteiger partial charge in [0.2, 0.25) is 0 Å². The standard InChI is InChI=1S/C14H20N2OS2/c1-5-10(6-2)7-16-13(17)11-8(3)9(4)19-12(11)15-14(16)18/h10H,5-7H2,1-4H3,(H,15,18). The molecule has 0 aliphatic rings. The lowest BCUT2D eigenvalue weighted by molar-refractivity contribution is 0.408. The fourth-order valence-electron chi connectivity index (χ4n) is 2.34. The molecule has 0 aromatic carbocycles. The number of rotatable bonds is 4. The Labute approximate surface area is 122 Å². The van der Waals surface area contributed by atoms with Crippen LogP contribution in [-0.4, -0.2) is 9.55 Å². The highest BCUT2D eigenvalue weighted by atomic mass is 32.1. The molecule has 0 atom stereocenters. The number of H-pyrrole nitrogens is 1. The highest BCUT2D eigenvalue weighted by Gasteiger charge is 2.14. The van der Waals surface area contributed by atoms with Gasteiger partial charge < -0.3 is 4.98 Å². The number of aryl methyl sites for hydroxylation is 2. The van der Waals surface area contributed by atoms with Gasteiger partial charge in [-0.15, -0.1) is 11.3 Å². The third-order valence-corrected chi connectivity index (χ3v) is 5.35. The Hall–Kier alpha value is -0.940. The van der Waals surface area contributed by atoms with Crippen molar-refractivity contribution in [2.45, 2.75) is 47.1 Å². The first kappa shape index (κ1) is 14.5. The third-order valence-electron chi connectivity index (χ3n) is 3.91. The predicted molar refractivity (Wildman–Crippen MR) is 84.8 cm³/mol. The summed E-state index contributed by atoms with van der Waals surface area (Å²) in [7, 11) is 0. The Morgan fingerprint density at radius 1 is 1.32 bits per heavy atom. The van der Waals surface area contributed by atoms with E-state index in [9.17, 15) is 4.79 Å². The van der Waals surface area contributed by atoms with Crippen molar-refractivity contribution in [2.75, 3.05) is 0 Å². The van der Waals surface area contributed by atoms with Crippen LogP contribution in [0.5, 0.6) is 0 Å². The highest BCUT2D eigenvalue weighted by molar-refractivity contribution is 7.71. The van der Waals surface area contributed by atoms with Gasteiger partial charge >= 0.3 is 0 Å². The Morgan fingerprint density at radius 2 is 1.95 bits per heavy atom. The van der Waals surface area contributed by atoms with Crippen molar-refractivity contribution in [1.29, 1.82) is 0 Å². The summed E-state index contributed by atoms with van der Waals surface area (Å²) >= 11 is 6.96. The molecule has 0 unspecified atom stereocenters. The van der Waals surface area contributed by atoms with Gasteiger partial charge in [0.05, 0.1) is 5.39 Å². The molecule has 0 saturated carbocycles. The first-order chi connectivity index (χ1) is 8.99. The van der Waals surface area contributed by atoms with Gasteiger partial charge in [-0.2, -0.15) is 0 Å². The third kappa shape index (κ3) is 2.54. The van der Waals surface area contributed by atoms with Crippen LogP contribution in [0.1, 0.15) is 37.1 Å². The molecule has 5 heteroatoms. The van der Waals surface area contributed by atoms with Crippen molar-refractivity contribution in [1.82, 2.24) is 9.55 Å². The number of nitrogens with zero attached hydrogens (tertiary/aromatic N) is 1. The van der Waals surface area contributed by atoms with Gasteiger partial charge in [-0.25, -0.2) is 0 Å². The quantitative estimate of drug-likeness (QED) is 0.860. The van der Waals surface area contributed by atoms with E-state index in [1.807, 2.05) is 13.8 Å². The van der Waals surface area contributed by atoms with Gasteiger partial charge in [-0.05, 0) is 37.5 Å². The minimum atomic E-state index is 0.0625. The summed E-state index contributed by atoms with van der Waals surface area (Å²) in [6.07, 6.45) is 2.13. The number of hydrogen-bond donors (Lipinski definition) is 1. The predicted octanol–water partition coefficient (Wildman–Crippen LogP) is 4.17. The second-order valence-electron chi connectivity index (χ2n) is 5.02. The number of thiophene rings is 1. The fourth-order valence-corrected chi connectivity index (χ4v) is 3.71. The SMILES string of the molecule is CCC(CC)Cn1c(=S)[nH]c2sc(C)c(C)c2c1=O. The highest BCUT2D eigenvalue weighted by Crippen LogP contribution is 2.26. The molecule has 19 heavy (non-hydrogen) atoms. The molecule has 0 spiro atoms. The van der Waals surface area contributed by atoms with Crippen molar-refractivity contribution >= 4 is 33.8 Å². The van der Waals surface area contributed by atoms with Crippen LogP contribution in [0, 0.1) is 24.5 Å². The van der Waals surface area contributed by atoms with E-state index >= 15 is 0 Å². The summed E-state index contributed by atoms with van der Waals surface area (Å²) in [5.74, 6) is 0.505. The van der Waals surface area contributed by atoms with Crippen LogP contribution in [0.4, 0.5) is 0 Å². The summed E-state index contributed by atoms with van der Waals surface area (Å²) < 4.78 is 2.28. The van der Waals surface area contributed by atoms with Crippen LogP contribution >= 0.6 is 23.6 Å². The molecular formula is C14H20N2OS2. The zero-order valence-electron chi connectivity index (χ0n) is 11.9.